The van der Waals surface area contributed by atoms with Gasteiger partial charge in [-0.2, -0.15) is 0 Å². The molecule has 0 amide bonds. The molecular weight excluding hydrogens is 560 g/mol. The number of aliphatic hydroxyl groups is 8. The summed E-state index contributed by atoms with van der Waals surface area (Å²) in [6.45, 7) is 8.67. The van der Waals surface area contributed by atoms with Crippen LogP contribution in [-0.2, 0) is 21.7 Å². The van der Waals surface area contributed by atoms with E-state index >= 15 is 0 Å². The number of hydrogen-bond acceptors (Lipinski definition) is 8. The summed E-state index contributed by atoms with van der Waals surface area (Å²) in [6, 6.07) is 0. The molecule has 0 bridgehead atoms. The molecule has 8 nitrogen and oxygen atoms in total. The van der Waals surface area contributed by atoms with Crippen molar-refractivity contribution >= 4 is 0 Å². The molecule has 0 aromatic carbocycles. The maximum atomic E-state index is 8.46. The molecule has 0 aromatic rings. The summed E-state index contributed by atoms with van der Waals surface area (Å²) in [4.78, 5) is 0. The van der Waals surface area contributed by atoms with Crippen molar-refractivity contribution in [2.75, 3.05) is 0 Å². The molecule has 0 aliphatic rings. The molecule has 252 valence electrons. The predicted molar refractivity (Wildman–Crippen MR) is 166 cm³/mol. The average molecular weight is 633 g/mol. The minimum Gasteiger partial charge on any atom is -0.368 e. The summed E-state index contributed by atoms with van der Waals surface area (Å²) < 4.78 is 0. The third-order valence-corrected chi connectivity index (χ3v) is 6.26. The van der Waals surface area contributed by atoms with Gasteiger partial charge in [0.05, 0.1) is 0 Å². The summed E-state index contributed by atoms with van der Waals surface area (Å²) in [5.74, 6) is 0. The minimum absolute atomic E-state index is 0. The van der Waals surface area contributed by atoms with E-state index in [0.29, 0.717) is 25.7 Å². The van der Waals surface area contributed by atoms with E-state index < -0.39 is 25.2 Å². The van der Waals surface area contributed by atoms with Gasteiger partial charge in [0.1, 0.15) is 0 Å². The summed E-state index contributed by atoms with van der Waals surface area (Å²) in [7, 11) is 0. The Bertz CT molecular complexity index is 328. The molecule has 0 atom stereocenters. The van der Waals surface area contributed by atoms with Gasteiger partial charge >= 0.3 is 0 Å². The van der Waals surface area contributed by atoms with E-state index in [1.807, 2.05) is 0 Å². The molecule has 0 heterocycles. The Balaban J connectivity index is -0.000000139. The van der Waals surface area contributed by atoms with Crippen LogP contribution in [0.3, 0.4) is 0 Å². The van der Waals surface area contributed by atoms with Crippen molar-refractivity contribution in [2.24, 2.45) is 0 Å². The van der Waals surface area contributed by atoms with Crippen LogP contribution in [0.5, 0.6) is 0 Å². The normalized spacial score (nSPS) is 10.5. The first-order valence-corrected chi connectivity index (χ1v) is 16.5. The summed E-state index contributed by atoms with van der Waals surface area (Å²) in [6.07, 6.45) is 20.9. The van der Waals surface area contributed by atoms with E-state index in [-0.39, 0.29) is 21.7 Å². The van der Waals surface area contributed by atoms with E-state index in [4.69, 9.17) is 40.9 Å². The second kappa shape index (κ2) is 47.3. The van der Waals surface area contributed by atoms with E-state index in [2.05, 4.69) is 27.7 Å². The third kappa shape index (κ3) is 73.9. The van der Waals surface area contributed by atoms with E-state index in [1.165, 1.54) is 77.0 Å². The number of aliphatic hydroxyl groups excluding tert-OH is 4. The third-order valence-electron chi connectivity index (χ3n) is 6.26. The maximum absolute atomic E-state index is 8.46. The van der Waals surface area contributed by atoms with Gasteiger partial charge in [0.2, 0.25) is 0 Å². The van der Waals surface area contributed by atoms with Crippen molar-refractivity contribution in [1.29, 1.82) is 0 Å². The molecule has 0 aliphatic carbocycles. The minimum atomic E-state index is -1.10. The zero-order valence-electron chi connectivity index (χ0n) is 27.4. The SMILES string of the molecule is CCCCCCCC(O)O.CCCCCCCC(O)O.CCCCCCCC(O)O.CCCCCCCC(O)O.[Ti]. The number of rotatable bonds is 24. The number of unbranched alkanes of at least 4 members (excludes halogenated alkanes) is 16. The van der Waals surface area contributed by atoms with Gasteiger partial charge in [-0.15, -0.1) is 0 Å². The smallest absolute Gasteiger partial charge is 0.151 e. The monoisotopic (exact) mass is 632 g/mol. The van der Waals surface area contributed by atoms with E-state index in [1.54, 1.807) is 0 Å². The van der Waals surface area contributed by atoms with Crippen molar-refractivity contribution < 1.29 is 62.6 Å². The van der Waals surface area contributed by atoms with Gasteiger partial charge in [-0.3, -0.25) is 0 Å². The van der Waals surface area contributed by atoms with Crippen LogP contribution in [0.2, 0.25) is 0 Å². The first-order valence-electron chi connectivity index (χ1n) is 16.5. The van der Waals surface area contributed by atoms with Gasteiger partial charge in [0.25, 0.3) is 0 Å². The second-order valence-corrected chi connectivity index (χ2v) is 10.7. The fourth-order valence-corrected chi connectivity index (χ4v) is 3.72. The Hall–Kier alpha value is 0.394. The second-order valence-electron chi connectivity index (χ2n) is 10.7. The Morgan fingerprint density at radius 1 is 0.268 bits per heavy atom. The van der Waals surface area contributed by atoms with Crippen molar-refractivity contribution in [1.82, 2.24) is 0 Å². The Morgan fingerprint density at radius 3 is 0.537 bits per heavy atom. The molecule has 0 radical (unpaired) electrons. The first kappa shape index (κ1) is 51.0. The molecule has 0 aromatic heterocycles. The Morgan fingerprint density at radius 2 is 0.415 bits per heavy atom. The maximum Gasteiger partial charge on any atom is 0.151 e. The van der Waals surface area contributed by atoms with Crippen LogP contribution in [-0.4, -0.2) is 66.0 Å². The zero-order valence-corrected chi connectivity index (χ0v) is 28.9. The van der Waals surface area contributed by atoms with Gasteiger partial charge in [0.15, 0.2) is 25.2 Å². The molecule has 0 saturated heterocycles. The van der Waals surface area contributed by atoms with Crippen LogP contribution in [0.1, 0.15) is 182 Å². The molecule has 0 saturated carbocycles. The molecule has 0 spiro atoms. The molecule has 0 aliphatic heterocycles. The quantitative estimate of drug-likeness (QED) is 0.0334. The zero-order chi connectivity index (χ0) is 31.3. The van der Waals surface area contributed by atoms with Crippen LogP contribution >= 0.6 is 0 Å². The molecule has 41 heavy (non-hydrogen) atoms. The molecule has 0 unspecified atom stereocenters. The van der Waals surface area contributed by atoms with Crippen LogP contribution in [0.15, 0.2) is 0 Å². The van der Waals surface area contributed by atoms with Crippen LogP contribution in [0.4, 0.5) is 0 Å². The summed E-state index contributed by atoms with van der Waals surface area (Å²) >= 11 is 0. The fourth-order valence-electron chi connectivity index (χ4n) is 3.72. The van der Waals surface area contributed by atoms with Crippen LogP contribution in [0, 0.1) is 0 Å². The van der Waals surface area contributed by atoms with Crippen molar-refractivity contribution in [3.8, 4) is 0 Å². The van der Waals surface area contributed by atoms with Crippen LogP contribution in [0.25, 0.3) is 0 Å². The fraction of sp³-hybridized carbons (Fsp3) is 1.00. The molecule has 0 fully saturated rings. The Labute approximate surface area is 268 Å². The van der Waals surface area contributed by atoms with Gasteiger partial charge < -0.3 is 40.9 Å². The van der Waals surface area contributed by atoms with E-state index in [9.17, 15) is 0 Å². The first-order chi connectivity index (χ1) is 19.1. The number of hydrogen-bond donors (Lipinski definition) is 8. The van der Waals surface area contributed by atoms with Crippen molar-refractivity contribution in [2.45, 2.75) is 207 Å². The summed E-state index contributed by atoms with van der Waals surface area (Å²) in [5.41, 5.74) is 0. The standard InChI is InChI=1S/4C8H18O2.Ti/c4*1-2-3-4-5-6-7-8(9)10;/h4*8-10H,2-7H2,1H3;. The molecule has 8 N–H and O–H groups in total. The topological polar surface area (TPSA) is 162 Å². The van der Waals surface area contributed by atoms with E-state index in [0.717, 1.165) is 51.4 Å². The summed E-state index contributed by atoms with van der Waals surface area (Å²) in [5, 5.41) is 67.7. The van der Waals surface area contributed by atoms with Crippen molar-refractivity contribution in [3.63, 3.8) is 0 Å². The average Bonchev–Trinajstić information content (AvgIpc) is 2.89. The van der Waals surface area contributed by atoms with Gasteiger partial charge in [-0.05, 0) is 51.4 Å². The van der Waals surface area contributed by atoms with Crippen LogP contribution < -0.4 is 0 Å². The molecule has 0 rings (SSSR count). The van der Waals surface area contributed by atoms with Crippen molar-refractivity contribution in [3.05, 3.63) is 0 Å². The predicted octanol–water partition coefficient (Wildman–Crippen LogP) is 6.63. The van der Waals surface area contributed by atoms with Gasteiger partial charge in [-0.1, -0.05) is 130 Å². The largest absolute Gasteiger partial charge is 0.368 e. The molecule has 9 heteroatoms. The Kier molecular flexibility index (Phi) is 58.9. The van der Waals surface area contributed by atoms with Gasteiger partial charge in [-0.25, -0.2) is 0 Å². The molecular formula is C32H72O8Ti. The van der Waals surface area contributed by atoms with Gasteiger partial charge in [0, 0.05) is 21.7 Å².